The lowest BCUT2D eigenvalue weighted by atomic mass is 10.1. The Kier molecular flexibility index (Phi) is 10.7. The average molecular weight is 576 g/mol. The summed E-state index contributed by atoms with van der Waals surface area (Å²) in [7, 11) is 1.50. The Morgan fingerprint density at radius 1 is 1.27 bits per heavy atom. The van der Waals surface area contributed by atoms with Crippen LogP contribution in [-0.2, 0) is 0 Å². The SMILES string of the molecule is C=CCCOc1nc(-c2cc([C@@H](C)N(CC)C(=O)N[C@H](CC=C)CCC(F)(F)F)ncc2OC)nn2cc(C)nc12. The molecule has 10 nitrogen and oxygen atoms in total. The Hall–Kier alpha value is -4.16. The maximum absolute atomic E-state index is 13.2. The third-order valence-corrected chi connectivity index (χ3v) is 6.37. The average Bonchev–Trinajstić information content (AvgIpc) is 3.31. The summed E-state index contributed by atoms with van der Waals surface area (Å²) in [6, 6.07) is -0.0274. The highest BCUT2D eigenvalue weighted by atomic mass is 19.4. The van der Waals surface area contributed by atoms with Crippen LogP contribution in [0.4, 0.5) is 18.0 Å². The Bertz CT molecular complexity index is 1360. The van der Waals surface area contributed by atoms with E-state index in [1.54, 1.807) is 36.7 Å². The number of fused-ring (bicyclic) bond motifs is 1. The number of amides is 2. The van der Waals surface area contributed by atoms with Crippen molar-refractivity contribution in [2.75, 3.05) is 20.3 Å². The van der Waals surface area contributed by atoms with Gasteiger partial charge in [0.25, 0.3) is 5.88 Å². The third kappa shape index (κ3) is 8.18. The van der Waals surface area contributed by atoms with Gasteiger partial charge in [0.2, 0.25) is 5.65 Å². The Morgan fingerprint density at radius 2 is 2.02 bits per heavy atom. The van der Waals surface area contributed by atoms with E-state index in [0.717, 1.165) is 5.69 Å². The number of hydrogen-bond donors (Lipinski definition) is 1. The number of imidazole rings is 1. The second-order valence-corrected chi connectivity index (χ2v) is 9.41. The van der Waals surface area contributed by atoms with E-state index < -0.39 is 30.7 Å². The first-order chi connectivity index (χ1) is 19.5. The number of aromatic nitrogens is 5. The van der Waals surface area contributed by atoms with E-state index in [2.05, 4.69) is 38.5 Å². The molecular weight excluding hydrogens is 539 g/mol. The van der Waals surface area contributed by atoms with Crippen LogP contribution in [0.1, 0.15) is 57.0 Å². The first kappa shape index (κ1) is 31.4. The van der Waals surface area contributed by atoms with Gasteiger partial charge in [-0.15, -0.1) is 18.3 Å². The molecule has 0 saturated carbocycles. The first-order valence-corrected chi connectivity index (χ1v) is 13.3. The third-order valence-electron chi connectivity index (χ3n) is 6.37. The topological polar surface area (TPSA) is 107 Å². The molecule has 2 amide bonds. The van der Waals surface area contributed by atoms with Gasteiger partial charge in [-0.1, -0.05) is 12.2 Å². The quantitative estimate of drug-likeness (QED) is 0.190. The van der Waals surface area contributed by atoms with Crippen molar-refractivity contribution >= 4 is 11.7 Å². The molecule has 0 saturated heterocycles. The van der Waals surface area contributed by atoms with Crippen molar-refractivity contribution in [1.29, 1.82) is 0 Å². The van der Waals surface area contributed by atoms with Crippen LogP contribution < -0.4 is 14.8 Å². The molecule has 3 rings (SSSR count). The summed E-state index contributed by atoms with van der Waals surface area (Å²) >= 11 is 0. The maximum Gasteiger partial charge on any atom is 0.389 e. The van der Waals surface area contributed by atoms with Crippen LogP contribution in [0.2, 0.25) is 0 Å². The minimum Gasteiger partial charge on any atom is -0.494 e. The normalized spacial score (nSPS) is 13.0. The van der Waals surface area contributed by atoms with Crippen molar-refractivity contribution in [3.8, 4) is 23.0 Å². The predicted molar refractivity (Wildman–Crippen MR) is 149 cm³/mol. The summed E-state index contributed by atoms with van der Waals surface area (Å²) in [4.78, 5) is 28.2. The van der Waals surface area contributed by atoms with Crippen LogP contribution in [0.25, 0.3) is 17.0 Å². The standard InChI is InChI=1S/C28H36F3N7O3/c1-7-10-14-41-26-25-33-18(4)17-38(25)36-24(35-26)21-15-22(32-16-23(21)40-6)19(5)37(9-3)27(39)34-20(11-8-2)12-13-28(29,30)31/h7-8,15-17,19-20H,1-2,9-14H2,3-6H3,(H,34,39)/t19-,20-/m1/s1. The van der Waals surface area contributed by atoms with Crippen molar-refractivity contribution < 1.29 is 27.4 Å². The fourth-order valence-corrected chi connectivity index (χ4v) is 4.25. The van der Waals surface area contributed by atoms with Crippen molar-refractivity contribution in [3.63, 3.8) is 0 Å². The highest BCUT2D eigenvalue weighted by Gasteiger charge is 2.30. The molecule has 0 fully saturated rings. The van der Waals surface area contributed by atoms with Crippen LogP contribution in [0.5, 0.6) is 11.6 Å². The summed E-state index contributed by atoms with van der Waals surface area (Å²) in [6.07, 6.45) is 1.75. The molecule has 1 N–H and O–H groups in total. The Labute approximate surface area is 237 Å². The lowest BCUT2D eigenvalue weighted by Crippen LogP contribution is -2.46. The van der Waals surface area contributed by atoms with Gasteiger partial charge in [0.15, 0.2) is 5.82 Å². The summed E-state index contributed by atoms with van der Waals surface area (Å²) in [6.45, 7) is 13.4. The number of aryl methyl sites for hydroxylation is 1. The molecule has 0 aliphatic heterocycles. The fourth-order valence-electron chi connectivity index (χ4n) is 4.25. The number of methoxy groups -OCH3 is 1. The number of hydrogen-bond acceptors (Lipinski definition) is 7. The molecule has 0 aromatic carbocycles. The number of alkyl halides is 3. The van der Waals surface area contributed by atoms with E-state index in [0.29, 0.717) is 47.4 Å². The molecule has 0 aliphatic rings. The number of pyridine rings is 1. The summed E-state index contributed by atoms with van der Waals surface area (Å²) in [5.41, 5.74) is 2.21. The number of nitrogens with zero attached hydrogens (tertiary/aromatic N) is 6. The lowest BCUT2D eigenvalue weighted by molar-refractivity contribution is -0.136. The number of ether oxygens (including phenoxy) is 2. The minimum atomic E-state index is -4.32. The van der Waals surface area contributed by atoms with Crippen LogP contribution >= 0.6 is 0 Å². The Morgan fingerprint density at radius 3 is 2.66 bits per heavy atom. The van der Waals surface area contributed by atoms with Gasteiger partial charge in [-0.25, -0.2) is 14.3 Å². The second-order valence-electron chi connectivity index (χ2n) is 9.41. The molecule has 0 spiro atoms. The highest BCUT2D eigenvalue weighted by Crippen LogP contribution is 2.32. The number of rotatable bonds is 14. The predicted octanol–water partition coefficient (Wildman–Crippen LogP) is 5.84. The molecule has 0 radical (unpaired) electrons. The number of urea groups is 1. The second kappa shape index (κ2) is 14.0. The first-order valence-electron chi connectivity index (χ1n) is 13.3. The number of nitrogens with one attached hydrogen (secondary N) is 1. The van der Waals surface area contributed by atoms with E-state index >= 15 is 0 Å². The smallest absolute Gasteiger partial charge is 0.389 e. The zero-order valence-corrected chi connectivity index (χ0v) is 23.7. The molecular formula is C28H36F3N7O3. The maximum atomic E-state index is 13.2. The van der Waals surface area contributed by atoms with Gasteiger partial charge in [0.1, 0.15) is 5.75 Å². The summed E-state index contributed by atoms with van der Waals surface area (Å²) < 4.78 is 51.4. The van der Waals surface area contributed by atoms with Crippen molar-refractivity contribution in [2.45, 2.75) is 64.7 Å². The van der Waals surface area contributed by atoms with Crippen molar-refractivity contribution in [2.24, 2.45) is 0 Å². The van der Waals surface area contributed by atoms with Gasteiger partial charge in [-0.05, 0) is 46.1 Å². The van der Waals surface area contributed by atoms with Gasteiger partial charge in [-0.3, -0.25) is 4.98 Å². The largest absolute Gasteiger partial charge is 0.494 e. The molecule has 3 aromatic rings. The van der Waals surface area contributed by atoms with Crippen LogP contribution in [0.3, 0.4) is 0 Å². The van der Waals surface area contributed by atoms with E-state index in [1.165, 1.54) is 24.3 Å². The van der Waals surface area contributed by atoms with E-state index in [-0.39, 0.29) is 19.4 Å². The van der Waals surface area contributed by atoms with Gasteiger partial charge >= 0.3 is 12.2 Å². The van der Waals surface area contributed by atoms with Gasteiger partial charge in [0.05, 0.1) is 49.1 Å². The summed E-state index contributed by atoms with van der Waals surface area (Å²) in [5.74, 6) is 0.988. The van der Waals surface area contributed by atoms with Crippen LogP contribution in [-0.4, -0.2) is 68.0 Å². The summed E-state index contributed by atoms with van der Waals surface area (Å²) in [5, 5.41) is 7.33. The van der Waals surface area contributed by atoms with E-state index in [9.17, 15) is 18.0 Å². The number of halogens is 3. The zero-order valence-electron chi connectivity index (χ0n) is 23.7. The van der Waals surface area contributed by atoms with Crippen molar-refractivity contribution in [3.05, 3.63) is 55.2 Å². The molecule has 0 aliphatic carbocycles. The fraction of sp³-hybridized carbons (Fsp3) is 0.464. The zero-order chi connectivity index (χ0) is 30.2. The van der Waals surface area contributed by atoms with Gasteiger partial charge < -0.3 is 19.7 Å². The van der Waals surface area contributed by atoms with Gasteiger partial charge in [0, 0.05) is 19.0 Å². The highest BCUT2D eigenvalue weighted by molar-refractivity contribution is 5.75. The molecule has 13 heteroatoms. The Balaban J connectivity index is 1.93. The van der Waals surface area contributed by atoms with E-state index in [1.807, 2.05) is 6.92 Å². The molecule has 0 bridgehead atoms. The van der Waals surface area contributed by atoms with E-state index in [4.69, 9.17) is 9.47 Å². The molecule has 2 atom stereocenters. The lowest BCUT2D eigenvalue weighted by Gasteiger charge is -2.30. The van der Waals surface area contributed by atoms with Crippen LogP contribution in [0.15, 0.2) is 43.8 Å². The van der Waals surface area contributed by atoms with Crippen molar-refractivity contribution in [1.82, 2.24) is 34.8 Å². The monoisotopic (exact) mass is 575 g/mol. The minimum absolute atomic E-state index is 0.212. The molecule has 3 heterocycles. The molecule has 222 valence electrons. The number of carbonyl (C=O) groups is 1. The number of carbonyl (C=O) groups excluding carboxylic acids is 1. The van der Waals surface area contributed by atoms with Gasteiger partial charge in [-0.2, -0.15) is 18.2 Å². The molecule has 3 aromatic heterocycles. The van der Waals surface area contributed by atoms with Crippen LogP contribution in [0, 0.1) is 6.92 Å². The molecule has 41 heavy (non-hydrogen) atoms. The molecule has 0 unspecified atom stereocenters.